The Morgan fingerprint density at radius 3 is 2.28 bits per heavy atom. The summed E-state index contributed by atoms with van der Waals surface area (Å²) >= 11 is 1.18. The first-order chi connectivity index (χ1) is 17.3. The third-order valence-electron chi connectivity index (χ3n) is 5.51. The van der Waals surface area contributed by atoms with E-state index in [1.165, 1.54) is 28.8 Å². The van der Waals surface area contributed by atoms with Crippen molar-refractivity contribution < 1.29 is 18.3 Å². The molecule has 3 aromatic heterocycles. The summed E-state index contributed by atoms with van der Waals surface area (Å²) in [5, 5.41) is 21.4. The number of aromatic nitrogens is 4. The van der Waals surface area contributed by atoms with Gasteiger partial charge in [-0.15, -0.1) is 11.3 Å². The molecule has 0 atom stereocenters. The summed E-state index contributed by atoms with van der Waals surface area (Å²) in [7, 11) is -3.81. The Bertz CT molecular complexity index is 1650. The Balaban J connectivity index is 1.74. The van der Waals surface area contributed by atoms with Gasteiger partial charge in [-0.1, -0.05) is 42.5 Å². The van der Waals surface area contributed by atoms with Crippen molar-refractivity contribution in [3.8, 4) is 27.6 Å². The van der Waals surface area contributed by atoms with Crippen LogP contribution in [0.2, 0.25) is 0 Å². The van der Waals surface area contributed by atoms with Crippen molar-refractivity contribution >= 4 is 27.3 Å². The van der Waals surface area contributed by atoms with E-state index in [4.69, 9.17) is 10.2 Å². The van der Waals surface area contributed by atoms with Crippen molar-refractivity contribution in [1.29, 1.82) is 0 Å². The Hall–Kier alpha value is -4.19. The minimum atomic E-state index is -3.81. The standard InChI is InChI=1S/C25H19N5O4S2/c26-36(33,34)19-8-6-16(7-9-19)14-20-22(17-4-2-1-3-5-17)29-30(23(20)18-10-12-27-13-11-18)25-28-21(15-35-25)24(31)32/h1-13,15H,14H2,(H,31,32)(H2,26,33,34). The molecule has 3 heterocycles. The quantitative estimate of drug-likeness (QED) is 0.332. The molecule has 0 aliphatic carbocycles. The lowest BCUT2D eigenvalue weighted by atomic mass is 9.96. The Kier molecular flexibility index (Phi) is 6.18. The number of nitrogens with zero attached hydrogens (tertiary/aromatic N) is 4. The zero-order valence-electron chi connectivity index (χ0n) is 18.6. The number of rotatable bonds is 7. The van der Waals surface area contributed by atoms with E-state index in [2.05, 4.69) is 9.97 Å². The molecule has 0 spiro atoms. The number of benzene rings is 2. The smallest absolute Gasteiger partial charge is 0.355 e. The predicted octanol–water partition coefficient (Wildman–Crippen LogP) is 3.99. The maximum absolute atomic E-state index is 11.7. The molecule has 180 valence electrons. The van der Waals surface area contributed by atoms with Crippen LogP contribution in [0.1, 0.15) is 21.6 Å². The van der Waals surface area contributed by atoms with Gasteiger partial charge in [-0.3, -0.25) is 4.98 Å². The molecule has 0 aliphatic rings. The van der Waals surface area contributed by atoms with E-state index in [1.54, 1.807) is 29.2 Å². The third kappa shape index (κ3) is 4.67. The first-order valence-corrected chi connectivity index (χ1v) is 13.1. The molecule has 0 bridgehead atoms. The van der Waals surface area contributed by atoms with E-state index < -0.39 is 16.0 Å². The van der Waals surface area contributed by atoms with Crippen molar-refractivity contribution in [2.45, 2.75) is 11.3 Å². The molecule has 0 radical (unpaired) electrons. The number of hydrogen-bond acceptors (Lipinski definition) is 7. The van der Waals surface area contributed by atoms with Gasteiger partial charge in [0.1, 0.15) is 0 Å². The van der Waals surface area contributed by atoms with Crippen LogP contribution in [0.5, 0.6) is 0 Å². The largest absolute Gasteiger partial charge is 0.476 e. The van der Waals surface area contributed by atoms with Crippen LogP contribution in [0.15, 0.2) is 89.4 Å². The van der Waals surface area contributed by atoms with E-state index in [9.17, 15) is 18.3 Å². The topological polar surface area (TPSA) is 141 Å². The van der Waals surface area contributed by atoms with Crippen molar-refractivity contribution in [3.05, 3.63) is 101 Å². The summed E-state index contributed by atoms with van der Waals surface area (Å²) in [4.78, 5) is 19.9. The van der Waals surface area contributed by atoms with Gasteiger partial charge in [0.25, 0.3) is 0 Å². The molecule has 5 rings (SSSR count). The van der Waals surface area contributed by atoms with Gasteiger partial charge >= 0.3 is 5.97 Å². The summed E-state index contributed by atoms with van der Waals surface area (Å²) in [6, 6.07) is 19.7. The van der Waals surface area contributed by atoms with Crippen LogP contribution in [-0.2, 0) is 16.4 Å². The Labute approximate surface area is 210 Å². The number of carbonyl (C=O) groups is 1. The SMILES string of the molecule is NS(=O)(=O)c1ccc(Cc2c(-c3ccccc3)nn(-c3nc(C(=O)O)cs3)c2-c2ccncc2)cc1. The fourth-order valence-corrected chi connectivity index (χ4v) is 5.12. The number of thiazole rings is 1. The number of carboxylic acids is 1. The van der Waals surface area contributed by atoms with Crippen LogP contribution < -0.4 is 5.14 Å². The van der Waals surface area contributed by atoms with Crippen molar-refractivity contribution in [2.24, 2.45) is 5.14 Å². The minimum absolute atomic E-state index is 0.0311. The van der Waals surface area contributed by atoms with E-state index in [0.717, 1.165) is 27.9 Å². The summed E-state index contributed by atoms with van der Waals surface area (Å²) < 4.78 is 25.1. The molecule has 3 N–H and O–H groups in total. The molecule has 5 aromatic rings. The van der Waals surface area contributed by atoms with Crippen molar-refractivity contribution in [2.75, 3.05) is 0 Å². The highest BCUT2D eigenvalue weighted by atomic mass is 32.2. The monoisotopic (exact) mass is 517 g/mol. The minimum Gasteiger partial charge on any atom is -0.476 e. The first-order valence-electron chi connectivity index (χ1n) is 10.7. The van der Waals surface area contributed by atoms with E-state index in [1.807, 2.05) is 42.5 Å². The fourth-order valence-electron chi connectivity index (χ4n) is 3.85. The Morgan fingerprint density at radius 1 is 0.972 bits per heavy atom. The number of sulfonamides is 1. The number of aromatic carboxylic acids is 1. The molecule has 9 nitrogen and oxygen atoms in total. The van der Waals surface area contributed by atoms with E-state index in [-0.39, 0.29) is 10.6 Å². The number of nitrogens with two attached hydrogens (primary N) is 1. The van der Waals surface area contributed by atoms with E-state index >= 15 is 0 Å². The molecule has 0 fully saturated rings. The van der Waals surface area contributed by atoms with E-state index in [0.29, 0.717) is 17.2 Å². The second-order valence-corrected chi connectivity index (χ2v) is 10.3. The fraction of sp³-hybridized carbons (Fsp3) is 0.0400. The second kappa shape index (κ2) is 9.46. The highest BCUT2D eigenvalue weighted by Gasteiger charge is 2.24. The number of carboxylic acid groups (broad SMARTS) is 1. The van der Waals surface area contributed by atoms with Crippen LogP contribution in [0, 0.1) is 0 Å². The maximum atomic E-state index is 11.7. The highest BCUT2D eigenvalue weighted by molar-refractivity contribution is 7.89. The van der Waals surface area contributed by atoms with Gasteiger partial charge in [-0.2, -0.15) is 5.10 Å². The number of pyridine rings is 1. The molecular weight excluding hydrogens is 498 g/mol. The van der Waals surface area contributed by atoms with Gasteiger partial charge in [0.05, 0.1) is 16.3 Å². The zero-order chi connectivity index (χ0) is 25.3. The summed E-state index contributed by atoms with van der Waals surface area (Å²) in [5.74, 6) is -1.12. The number of primary sulfonamides is 1. The lowest BCUT2D eigenvalue weighted by Gasteiger charge is -2.09. The summed E-state index contributed by atoms with van der Waals surface area (Å²) in [6.45, 7) is 0. The maximum Gasteiger partial charge on any atom is 0.355 e. The van der Waals surface area contributed by atoms with Gasteiger partial charge in [-0.05, 0) is 29.8 Å². The molecule has 0 amide bonds. The van der Waals surface area contributed by atoms with Gasteiger partial charge in [0, 0.05) is 40.9 Å². The van der Waals surface area contributed by atoms with Gasteiger partial charge < -0.3 is 5.11 Å². The van der Waals surface area contributed by atoms with Crippen molar-refractivity contribution in [1.82, 2.24) is 19.7 Å². The third-order valence-corrected chi connectivity index (χ3v) is 7.26. The molecule has 0 saturated carbocycles. The molecule has 36 heavy (non-hydrogen) atoms. The summed E-state index contributed by atoms with van der Waals surface area (Å²) in [5.41, 5.74) is 4.78. The van der Waals surface area contributed by atoms with Crippen LogP contribution in [0.25, 0.3) is 27.6 Å². The second-order valence-electron chi connectivity index (χ2n) is 7.88. The van der Waals surface area contributed by atoms with Crippen LogP contribution in [0.4, 0.5) is 0 Å². The predicted molar refractivity (Wildman–Crippen MR) is 135 cm³/mol. The van der Waals surface area contributed by atoms with Crippen LogP contribution >= 0.6 is 11.3 Å². The zero-order valence-corrected chi connectivity index (χ0v) is 20.3. The van der Waals surface area contributed by atoms with Crippen LogP contribution in [0.3, 0.4) is 0 Å². The number of hydrogen-bond donors (Lipinski definition) is 2. The highest BCUT2D eigenvalue weighted by Crippen LogP contribution is 2.36. The average molecular weight is 518 g/mol. The van der Waals surface area contributed by atoms with Gasteiger partial charge in [0.2, 0.25) is 15.2 Å². The Morgan fingerprint density at radius 2 is 1.67 bits per heavy atom. The molecule has 2 aromatic carbocycles. The van der Waals surface area contributed by atoms with Gasteiger partial charge in [0.15, 0.2) is 5.69 Å². The molecule has 0 aliphatic heterocycles. The molecule has 0 saturated heterocycles. The molecular formula is C25H19N5O4S2. The van der Waals surface area contributed by atoms with Crippen LogP contribution in [-0.4, -0.2) is 39.2 Å². The summed E-state index contributed by atoms with van der Waals surface area (Å²) in [6.07, 6.45) is 3.76. The lowest BCUT2D eigenvalue weighted by Crippen LogP contribution is -2.11. The molecule has 11 heteroatoms. The first kappa shape index (κ1) is 23.5. The lowest BCUT2D eigenvalue weighted by molar-refractivity contribution is 0.0691. The molecule has 0 unspecified atom stereocenters. The normalized spacial score (nSPS) is 11.5. The average Bonchev–Trinajstić information content (AvgIpc) is 3.51. The van der Waals surface area contributed by atoms with Gasteiger partial charge in [-0.25, -0.2) is 28.0 Å². The van der Waals surface area contributed by atoms with Crippen molar-refractivity contribution in [3.63, 3.8) is 0 Å².